The summed E-state index contributed by atoms with van der Waals surface area (Å²) in [5.41, 5.74) is 0.529. The van der Waals surface area contributed by atoms with E-state index in [-0.39, 0.29) is 17.9 Å². The highest BCUT2D eigenvalue weighted by molar-refractivity contribution is 5.97. The Hall–Kier alpha value is -2.64. The molecule has 1 heterocycles. The van der Waals surface area contributed by atoms with Gasteiger partial charge in [-0.1, -0.05) is 13.8 Å². The molecule has 0 saturated carbocycles. The molecule has 0 aromatic carbocycles. The van der Waals surface area contributed by atoms with E-state index < -0.39 is 35.9 Å². The first-order chi connectivity index (χ1) is 11.1. The number of carbonyl (C=O) groups is 3. The number of nitrogens with one attached hydrogen (secondary N) is 3. The van der Waals surface area contributed by atoms with Crippen molar-refractivity contribution >= 4 is 17.8 Å². The minimum absolute atomic E-state index is 0.0645. The minimum Gasteiger partial charge on any atom is -0.480 e. The first-order valence-electron chi connectivity index (χ1n) is 7.62. The molecule has 0 aliphatic carbocycles. The molecule has 0 spiro atoms. The molecular weight excluding hydrogens is 314 g/mol. The van der Waals surface area contributed by atoms with Gasteiger partial charge >= 0.3 is 5.97 Å². The van der Waals surface area contributed by atoms with Gasteiger partial charge < -0.3 is 20.7 Å². The SMILES string of the molecule is Cc1cc(C)c(C(=O)NCC(=O)N[C@@H](CC(C)C)C(=O)O)c(=O)[nH]1. The number of carbonyl (C=O) groups excluding carboxylic acids is 2. The lowest BCUT2D eigenvalue weighted by Gasteiger charge is -2.16. The molecule has 1 aromatic rings. The largest absolute Gasteiger partial charge is 0.480 e. The van der Waals surface area contributed by atoms with Crippen molar-refractivity contribution in [3.63, 3.8) is 0 Å². The van der Waals surface area contributed by atoms with Crippen LogP contribution in [0.15, 0.2) is 10.9 Å². The molecule has 0 fully saturated rings. The lowest BCUT2D eigenvalue weighted by Crippen LogP contribution is -2.46. The van der Waals surface area contributed by atoms with Crippen LogP contribution in [0.25, 0.3) is 0 Å². The molecule has 0 aliphatic rings. The summed E-state index contributed by atoms with van der Waals surface area (Å²) in [5.74, 6) is -2.35. The average molecular weight is 337 g/mol. The van der Waals surface area contributed by atoms with Gasteiger partial charge in [-0.05, 0) is 37.8 Å². The quantitative estimate of drug-likeness (QED) is 0.570. The Bertz CT molecular complexity index is 693. The molecular formula is C16H23N3O5. The van der Waals surface area contributed by atoms with Crippen LogP contribution in [0.3, 0.4) is 0 Å². The fraction of sp³-hybridized carbons (Fsp3) is 0.500. The van der Waals surface area contributed by atoms with Crippen molar-refractivity contribution in [3.8, 4) is 0 Å². The van der Waals surface area contributed by atoms with Crippen LogP contribution in [-0.4, -0.2) is 40.5 Å². The molecule has 2 amide bonds. The molecule has 1 rings (SSSR count). The van der Waals surface area contributed by atoms with Gasteiger partial charge in [0.15, 0.2) is 0 Å². The lowest BCUT2D eigenvalue weighted by atomic mass is 10.0. The van der Waals surface area contributed by atoms with E-state index in [0.717, 1.165) is 0 Å². The third-order valence-corrected chi connectivity index (χ3v) is 3.34. The van der Waals surface area contributed by atoms with Gasteiger partial charge in [-0.3, -0.25) is 14.4 Å². The van der Waals surface area contributed by atoms with E-state index in [9.17, 15) is 19.2 Å². The van der Waals surface area contributed by atoms with Crippen molar-refractivity contribution in [2.24, 2.45) is 5.92 Å². The van der Waals surface area contributed by atoms with Gasteiger partial charge in [0.05, 0.1) is 6.54 Å². The van der Waals surface area contributed by atoms with Gasteiger partial charge in [-0.25, -0.2) is 4.79 Å². The maximum Gasteiger partial charge on any atom is 0.326 e. The maximum atomic E-state index is 12.1. The average Bonchev–Trinajstić information content (AvgIpc) is 2.42. The number of hydrogen-bond donors (Lipinski definition) is 4. The van der Waals surface area contributed by atoms with Crippen LogP contribution >= 0.6 is 0 Å². The Balaban J connectivity index is 2.69. The van der Waals surface area contributed by atoms with Crippen LogP contribution in [0.5, 0.6) is 0 Å². The van der Waals surface area contributed by atoms with Crippen molar-refractivity contribution in [2.75, 3.05) is 6.54 Å². The summed E-state index contributed by atoms with van der Waals surface area (Å²) >= 11 is 0. The van der Waals surface area contributed by atoms with E-state index >= 15 is 0 Å². The van der Waals surface area contributed by atoms with E-state index in [2.05, 4.69) is 15.6 Å². The van der Waals surface area contributed by atoms with Gasteiger partial charge in [-0.2, -0.15) is 0 Å². The standard InChI is InChI=1S/C16H23N3O5/c1-8(2)5-11(16(23)24)19-12(20)7-17-14(21)13-9(3)6-10(4)18-15(13)22/h6,8,11H,5,7H2,1-4H3,(H,17,21)(H,18,22)(H,19,20)(H,23,24)/t11-/m0/s1. The van der Waals surface area contributed by atoms with Crippen molar-refractivity contribution in [3.05, 3.63) is 33.2 Å². The molecule has 0 radical (unpaired) electrons. The molecule has 1 aromatic heterocycles. The summed E-state index contributed by atoms with van der Waals surface area (Å²) in [6.45, 7) is 6.60. The molecule has 1 atom stereocenters. The van der Waals surface area contributed by atoms with Crippen LogP contribution in [0.4, 0.5) is 0 Å². The molecule has 24 heavy (non-hydrogen) atoms. The Labute approximate surface area is 139 Å². The number of H-pyrrole nitrogens is 1. The van der Waals surface area contributed by atoms with Gasteiger partial charge in [0.2, 0.25) is 5.91 Å². The Morgan fingerprint density at radius 1 is 1.25 bits per heavy atom. The number of aryl methyl sites for hydroxylation is 2. The molecule has 4 N–H and O–H groups in total. The summed E-state index contributed by atoms with van der Waals surface area (Å²) in [4.78, 5) is 49.4. The second-order valence-electron chi connectivity index (χ2n) is 6.11. The van der Waals surface area contributed by atoms with E-state index in [1.807, 2.05) is 13.8 Å². The number of amides is 2. The van der Waals surface area contributed by atoms with Crippen LogP contribution in [-0.2, 0) is 9.59 Å². The van der Waals surface area contributed by atoms with Crippen LogP contribution in [0.1, 0.15) is 41.9 Å². The van der Waals surface area contributed by atoms with Crippen molar-refractivity contribution in [1.29, 1.82) is 0 Å². The fourth-order valence-electron chi connectivity index (χ4n) is 2.32. The highest BCUT2D eigenvalue weighted by Crippen LogP contribution is 2.05. The predicted octanol–water partition coefficient (Wildman–Crippen LogP) is 0.337. The number of aromatic amines is 1. The van der Waals surface area contributed by atoms with E-state index in [1.165, 1.54) is 0 Å². The van der Waals surface area contributed by atoms with Crippen molar-refractivity contribution < 1.29 is 19.5 Å². The zero-order chi connectivity index (χ0) is 18.4. The lowest BCUT2D eigenvalue weighted by molar-refractivity contribution is -0.142. The summed E-state index contributed by atoms with van der Waals surface area (Å²) in [7, 11) is 0. The first-order valence-corrected chi connectivity index (χ1v) is 7.62. The van der Waals surface area contributed by atoms with Gasteiger partial charge in [-0.15, -0.1) is 0 Å². The Morgan fingerprint density at radius 3 is 2.38 bits per heavy atom. The topological polar surface area (TPSA) is 128 Å². The van der Waals surface area contributed by atoms with Gasteiger partial charge in [0.1, 0.15) is 11.6 Å². The maximum absolute atomic E-state index is 12.1. The minimum atomic E-state index is -1.13. The predicted molar refractivity (Wildman–Crippen MR) is 87.9 cm³/mol. The number of rotatable bonds is 7. The van der Waals surface area contributed by atoms with Crippen molar-refractivity contribution in [2.45, 2.75) is 40.2 Å². The summed E-state index contributed by atoms with van der Waals surface area (Å²) < 4.78 is 0. The summed E-state index contributed by atoms with van der Waals surface area (Å²) in [5, 5.41) is 13.8. The zero-order valence-electron chi connectivity index (χ0n) is 14.2. The number of aliphatic carboxylic acids is 1. The van der Waals surface area contributed by atoms with Gasteiger partial charge in [0, 0.05) is 5.69 Å². The van der Waals surface area contributed by atoms with E-state index in [1.54, 1.807) is 19.9 Å². The third-order valence-electron chi connectivity index (χ3n) is 3.34. The second-order valence-corrected chi connectivity index (χ2v) is 6.11. The molecule has 0 bridgehead atoms. The molecule has 0 aliphatic heterocycles. The molecule has 0 unspecified atom stereocenters. The van der Waals surface area contributed by atoms with Crippen LogP contribution in [0, 0.1) is 19.8 Å². The Morgan fingerprint density at radius 2 is 1.88 bits per heavy atom. The van der Waals surface area contributed by atoms with Gasteiger partial charge in [0.25, 0.3) is 11.5 Å². The van der Waals surface area contributed by atoms with Crippen LogP contribution < -0.4 is 16.2 Å². The number of aromatic nitrogens is 1. The summed E-state index contributed by atoms with van der Waals surface area (Å²) in [6, 6.07) is 0.637. The van der Waals surface area contributed by atoms with E-state index in [0.29, 0.717) is 11.3 Å². The second kappa shape index (κ2) is 8.28. The molecule has 132 valence electrons. The highest BCUT2D eigenvalue weighted by atomic mass is 16.4. The Kier molecular flexibility index (Phi) is 6.69. The third kappa shape index (κ3) is 5.53. The van der Waals surface area contributed by atoms with E-state index in [4.69, 9.17) is 5.11 Å². The highest BCUT2D eigenvalue weighted by Gasteiger charge is 2.22. The summed E-state index contributed by atoms with van der Waals surface area (Å²) in [6.07, 6.45) is 0.283. The molecule has 8 heteroatoms. The van der Waals surface area contributed by atoms with Crippen LogP contribution in [0.2, 0.25) is 0 Å². The van der Waals surface area contributed by atoms with Crippen molar-refractivity contribution in [1.82, 2.24) is 15.6 Å². The number of hydrogen-bond acceptors (Lipinski definition) is 4. The first kappa shape index (κ1) is 19.4. The number of carboxylic acid groups (broad SMARTS) is 1. The number of pyridine rings is 1. The normalized spacial score (nSPS) is 11.9. The zero-order valence-corrected chi connectivity index (χ0v) is 14.2. The fourth-order valence-corrected chi connectivity index (χ4v) is 2.32. The monoisotopic (exact) mass is 337 g/mol. The molecule has 0 saturated heterocycles. The number of carboxylic acids is 1. The molecule has 8 nitrogen and oxygen atoms in total. The smallest absolute Gasteiger partial charge is 0.326 e.